The number of rotatable bonds is 5. The lowest BCUT2D eigenvalue weighted by Crippen LogP contribution is -2.23. The Hall–Kier alpha value is -2.98. The first-order valence-corrected chi connectivity index (χ1v) is 9.58. The molecule has 3 rings (SSSR count). The third-order valence-corrected chi connectivity index (χ3v) is 4.55. The molecule has 7 heteroatoms. The molecule has 0 aliphatic carbocycles. The van der Waals surface area contributed by atoms with Crippen LogP contribution in [0.1, 0.15) is 26.3 Å². The van der Waals surface area contributed by atoms with Gasteiger partial charge in [0.05, 0.1) is 5.41 Å². The monoisotopic (exact) mass is 398 g/mol. The van der Waals surface area contributed by atoms with Crippen LogP contribution in [0.15, 0.2) is 53.3 Å². The number of nitrogens with one attached hydrogen (secondary N) is 1. The summed E-state index contributed by atoms with van der Waals surface area (Å²) >= 11 is 0. The highest BCUT2D eigenvalue weighted by Crippen LogP contribution is 2.30. The molecule has 1 N–H and O–H groups in total. The Bertz CT molecular complexity index is 1090. The number of benzene rings is 2. The molecule has 0 spiro atoms. The maximum Gasteiger partial charge on any atom is 0.542 e. The Labute approximate surface area is 163 Å². The molecule has 0 saturated heterocycles. The zero-order valence-electron chi connectivity index (χ0n) is 15.9. The lowest BCUT2D eigenvalue weighted by Gasteiger charge is -2.17. The van der Waals surface area contributed by atoms with Crippen molar-refractivity contribution in [2.45, 2.75) is 27.4 Å². The number of carbonyl (C=O) groups is 1. The fraction of sp³-hybridized carbons (Fsp3) is 0.238. The summed E-state index contributed by atoms with van der Waals surface area (Å²) in [7, 11) is -1.15. The van der Waals surface area contributed by atoms with Gasteiger partial charge in [0.25, 0.3) is 11.3 Å². The van der Waals surface area contributed by atoms with E-state index in [9.17, 15) is 14.2 Å². The first-order valence-electron chi connectivity index (χ1n) is 8.77. The van der Waals surface area contributed by atoms with E-state index in [-0.39, 0.29) is 12.4 Å². The number of pyridine rings is 1. The van der Waals surface area contributed by atoms with Crippen LogP contribution in [0.5, 0.6) is 5.75 Å². The van der Waals surface area contributed by atoms with Crippen LogP contribution in [0.3, 0.4) is 0 Å². The number of hydrogen-bond donors (Lipinski definition) is 1. The highest BCUT2D eigenvalue weighted by Gasteiger charge is 2.25. The summed E-state index contributed by atoms with van der Waals surface area (Å²) in [5.74, 6) is -0.519. The zero-order chi connectivity index (χ0) is 20.3. The first kappa shape index (κ1) is 19.8. The Morgan fingerprint density at radius 2 is 1.82 bits per heavy atom. The van der Waals surface area contributed by atoms with Crippen LogP contribution in [0, 0.1) is 5.41 Å². The van der Waals surface area contributed by atoms with Gasteiger partial charge >= 0.3 is 14.7 Å². The minimum Gasteiger partial charge on any atom is -0.460 e. The molecule has 0 aliphatic rings. The standard InChI is InChI=1S/C21H20NO5P/c1-21(2,3)20(24)26-12-14-11-17(22-19(23)18(14)27-28-25)16-10-6-8-13-7-4-5-9-15(13)16/h4-11,28H,12H2,1-3H3/p+1. The van der Waals surface area contributed by atoms with Gasteiger partial charge in [0.2, 0.25) is 0 Å². The summed E-state index contributed by atoms with van der Waals surface area (Å²) in [5, 5.41) is 2.00. The van der Waals surface area contributed by atoms with E-state index in [0.717, 1.165) is 16.3 Å². The van der Waals surface area contributed by atoms with Crippen molar-refractivity contribution in [3.8, 4) is 17.0 Å². The van der Waals surface area contributed by atoms with Crippen LogP contribution in [0.4, 0.5) is 0 Å². The quantitative estimate of drug-likeness (QED) is 0.501. The predicted molar refractivity (Wildman–Crippen MR) is 109 cm³/mol. The molecule has 1 atom stereocenters. The van der Waals surface area contributed by atoms with E-state index in [1.165, 1.54) is 0 Å². The van der Waals surface area contributed by atoms with E-state index < -0.39 is 25.6 Å². The highest BCUT2D eigenvalue weighted by atomic mass is 31.1. The second-order valence-corrected chi connectivity index (χ2v) is 7.78. The van der Waals surface area contributed by atoms with Crippen molar-refractivity contribution in [1.82, 2.24) is 4.98 Å². The third-order valence-electron chi connectivity index (χ3n) is 4.26. The molecule has 3 aromatic rings. The minimum atomic E-state index is -1.15. The van der Waals surface area contributed by atoms with Crippen molar-refractivity contribution in [2.75, 3.05) is 0 Å². The van der Waals surface area contributed by atoms with E-state index in [1.54, 1.807) is 26.8 Å². The van der Waals surface area contributed by atoms with Crippen LogP contribution in [-0.4, -0.2) is 11.0 Å². The smallest absolute Gasteiger partial charge is 0.460 e. The minimum absolute atomic E-state index is 0.112. The summed E-state index contributed by atoms with van der Waals surface area (Å²) in [4.78, 5) is 27.4. The lowest BCUT2D eigenvalue weighted by molar-refractivity contribution is -0.154. The second-order valence-electron chi connectivity index (χ2n) is 7.40. The average Bonchev–Trinajstić information content (AvgIpc) is 2.66. The fourth-order valence-electron chi connectivity index (χ4n) is 2.83. The van der Waals surface area contributed by atoms with Gasteiger partial charge in [0.1, 0.15) is 6.61 Å². The van der Waals surface area contributed by atoms with E-state index in [1.807, 2.05) is 42.5 Å². The van der Waals surface area contributed by atoms with Gasteiger partial charge in [0, 0.05) is 16.8 Å². The van der Waals surface area contributed by atoms with Crippen LogP contribution in [0.2, 0.25) is 0 Å². The number of ether oxygens (including phenoxy) is 1. The number of esters is 1. The zero-order valence-corrected chi connectivity index (χ0v) is 16.9. The van der Waals surface area contributed by atoms with E-state index in [0.29, 0.717) is 11.3 Å². The molecule has 1 heterocycles. The van der Waals surface area contributed by atoms with Gasteiger partial charge in [-0.25, -0.2) is 4.52 Å². The average molecular weight is 398 g/mol. The van der Waals surface area contributed by atoms with Crippen LogP contribution in [-0.2, 0) is 20.7 Å². The van der Waals surface area contributed by atoms with Crippen molar-refractivity contribution in [3.63, 3.8) is 0 Å². The molecule has 0 fully saturated rings. The number of aromatic amines is 1. The molecule has 1 aromatic heterocycles. The Balaban J connectivity index is 2.08. The summed E-state index contributed by atoms with van der Waals surface area (Å²) in [6.07, 6.45) is 0. The van der Waals surface area contributed by atoms with E-state index >= 15 is 0 Å². The summed E-state index contributed by atoms with van der Waals surface area (Å²) in [6.45, 7) is 5.07. The fourth-order valence-corrected chi connectivity index (χ4v) is 3.13. The summed E-state index contributed by atoms with van der Waals surface area (Å²) in [6, 6.07) is 15.3. The van der Waals surface area contributed by atoms with Gasteiger partial charge in [-0.1, -0.05) is 42.5 Å². The molecule has 0 saturated carbocycles. The van der Waals surface area contributed by atoms with Crippen molar-refractivity contribution < 1.29 is 18.6 Å². The maximum absolute atomic E-state index is 12.5. The Kier molecular flexibility index (Phi) is 5.61. The van der Waals surface area contributed by atoms with Crippen molar-refractivity contribution >= 4 is 25.4 Å². The molecule has 0 amide bonds. The third kappa shape index (κ3) is 4.12. The lowest BCUT2D eigenvalue weighted by atomic mass is 9.97. The topological polar surface area (TPSA) is 85.5 Å². The molecule has 0 aliphatic heterocycles. The van der Waals surface area contributed by atoms with Crippen LogP contribution < -0.4 is 10.1 Å². The van der Waals surface area contributed by atoms with Gasteiger partial charge < -0.3 is 9.72 Å². The number of hydrogen-bond acceptors (Lipinski definition) is 5. The molecule has 6 nitrogen and oxygen atoms in total. The van der Waals surface area contributed by atoms with Gasteiger partial charge in [-0.2, -0.15) is 0 Å². The Morgan fingerprint density at radius 1 is 1.11 bits per heavy atom. The van der Waals surface area contributed by atoms with Crippen LogP contribution >= 0.6 is 8.69 Å². The van der Waals surface area contributed by atoms with Gasteiger partial charge in [-0.3, -0.25) is 9.59 Å². The van der Waals surface area contributed by atoms with Gasteiger partial charge in [-0.15, -0.1) is 0 Å². The molecule has 0 bridgehead atoms. The molecule has 0 radical (unpaired) electrons. The summed E-state index contributed by atoms with van der Waals surface area (Å²) in [5.41, 5.74) is 0.532. The first-order chi connectivity index (χ1) is 13.3. The number of H-pyrrole nitrogens is 1. The van der Waals surface area contributed by atoms with Crippen LogP contribution in [0.25, 0.3) is 22.0 Å². The predicted octanol–water partition coefficient (Wildman–Crippen LogP) is 4.60. The largest absolute Gasteiger partial charge is 0.542 e. The van der Waals surface area contributed by atoms with Crippen molar-refractivity contribution in [3.05, 3.63) is 64.4 Å². The molecule has 2 aromatic carbocycles. The molecule has 28 heavy (non-hydrogen) atoms. The number of aromatic nitrogens is 1. The SMILES string of the molecule is CC(C)(C)C(=O)OCc1cc(-c2cccc3ccccc23)[nH]c(=O)c1O[PH+]=O. The number of carbonyl (C=O) groups excluding carboxylic acids is 1. The molecular formula is C21H21NO5P+. The Morgan fingerprint density at radius 3 is 2.54 bits per heavy atom. The number of fused-ring (bicyclic) bond motifs is 1. The summed E-state index contributed by atoms with van der Waals surface area (Å²) < 4.78 is 21.3. The van der Waals surface area contributed by atoms with Crippen molar-refractivity contribution in [2.24, 2.45) is 5.41 Å². The normalized spacial score (nSPS) is 11.5. The van der Waals surface area contributed by atoms with Gasteiger partial charge in [0.15, 0.2) is 0 Å². The van der Waals surface area contributed by atoms with Gasteiger partial charge in [-0.05, 0) is 42.2 Å². The maximum atomic E-state index is 12.5. The van der Waals surface area contributed by atoms with Crippen molar-refractivity contribution in [1.29, 1.82) is 0 Å². The molecule has 1 unspecified atom stereocenters. The van der Waals surface area contributed by atoms with E-state index in [2.05, 4.69) is 4.98 Å². The highest BCUT2D eigenvalue weighted by molar-refractivity contribution is 7.17. The molecular weight excluding hydrogens is 377 g/mol. The second kappa shape index (κ2) is 7.95. The van der Waals surface area contributed by atoms with E-state index in [4.69, 9.17) is 9.26 Å². The molecule has 144 valence electrons.